The van der Waals surface area contributed by atoms with E-state index in [4.69, 9.17) is 5.73 Å². The summed E-state index contributed by atoms with van der Waals surface area (Å²) < 4.78 is 0. The standard InChI is InChI=1S/C17H17NO/c1-13(11-14-7-3-2-4-8-14)12-15-9-5-6-10-16(15)17(18)19/h2-11H,12H2,1H3,(H2,18,19). The van der Waals surface area contributed by atoms with Crippen LogP contribution in [-0.4, -0.2) is 5.91 Å². The van der Waals surface area contributed by atoms with Crippen LogP contribution in [0.2, 0.25) is 0 Å². The summed E-state index contributed by atoms with van der Waals surface area (Å²) in [4.78, 5) is 11.4. The first kappa shape index (κ1) is 13.1. The molecule has 0 atom stereocenters. The van der Waals surface area contributed by atoms with Gasteiger partial charge in [0.1, 0.15) is 0 Å². The second-order valence-corrected chi connectivity index (χ2v) is 4.60. The molecule has 96 valence electrons. The predicted octanol–water partition coefficient (Wildman–Crippen LogP) is 3.43. The van der Waals surface area contributed by atoms with Crippen molar-refractivity contribution in [1.82, 2.24) is 0 Å². The highest BCUT2D eigenvalue weighted by Gasteiger charge is 2.07. The van der Waals surface area contributed by atoms with Gasteiger partial charge >= 0.3 is 0 Å². The zero-order valence-corrected chi connectivity index (χ0v) is 11.0. The Morgan fingerprint density at radius 1 is 1.05 bits per heavy atom. The number of amides is 1. The number of allylic oxidation sites excluding steroid dienone is 1. The first-order valence-corrected chi connectivity index (χ1v) is 6.27. The topological polar surface area (TPSA) is 43.1 Å². The summed E-state index contributed by atoms with van der Waals surface area (Å²) in [6.45, 7) is 2.06. The van der Waals surface area contributed by atoms with Gasteiger partial charge in [-0.3, -0.25) is 4.79 Å². The molecule has 0 saturated heterocycles. The van der Waals surface area contributed by atoms with Gasteiger partial charge in [-0.1, -0.05) is 60.2 Å². The van der Waals surface area contributed by atoms with Gasteiger partial charge in [0.05, 0.1) is 0 Å². The maximum absolute atomic E-state index is 11.4. The average Bonchev–Trinajstić information content (AvgIpc) is 2.40. The average molecular weight is 251 g/mol. The lowest BCUT2D eigenvalue weighted by Gasteiger charge is -2.07. The van der Waals surface area contributed by atoms with E-state index in [2.05, 4.69) is 25.1 Å². The molecule has 0 aliphatic carbocycles. The molecule has 2 heteroatoms. The van der Waals surface area contributed by atoms with Gasteiger partial charge in [-0.05, 0) is 30.5 Å². The Bertz CT molecular complexity index is 600. The van der Waals surface area contributed by atoms with Gasteiger partial charge in [0.2, 0.25) is 5.91 Å². The van der Waals surface area contributed by atoms with Crippen molar-refractivity contribution in [2.24, 2.45) is 5.73 Å². The first-order chi connectivity index (χ1) is 9.16. The molecule has 2 rings (SSSR count). The first-order valence-electron chi connectivity index (χ1n) is 6.27. The lowest BCUT2D eigenvalue weighted by molar-refractivity contribution is 0.0999. The summed E-state index contributed by atoms with van der Waals surface area (Å²) in [6, 6.07) is 17.6. The summed E-state index contributed by atoms with van der Waals surface area (Å²) in [6.07, 6.45) is 2.85. The van der Waals surface area contributed by atoms with Crippen LogP contribution in [0.15, 0.2) is 60.2 Å². The number of hydrogen-bond donors (Lipinski definition) is 1. The number of carbonyl (C=O) groups is 1. The van der Waals surface area contributed by atoms with Crippen molar-refractivity contribution in [2.45, 2.75) is 13.3 Å². The van der Waals surface area contributed by atoms with E-state index in [0.717, 1.165) is 17.5 Å². The molecular weight excluding hydrogens is 234 g/mol. The van der Waals surface area contributed by atoms with Crippen molar-refractivity contribution < 1.29 is 4.79 Å². The van der Waals surface area contributed by atoms with E-state index < -0.39 is 0 Å². The summed E-state index contributed by atoms with van der Waals surface area (Å²) in [5.74, 6) is -0.372. The molecule has 0 saturated carbocycles. The van der Waals surface area contributed by atoms with E-state index in [1.807, 2.05) is 36.4 Å². The van der Waals surface area contributed by atoms with Crippen molar-refractivity contribution in [3.05, 3.63) is 76.9 Å². The van der Waals surface area contributed by atoms with Crippen LogP contribution in [0, 0.1) is 0 Å². The zero-order chi connectivity index (χ0) is 13.7. The fourth-order valence-corrected chi connectivity index (χ4v) is 2.10. The fraction of sp³-hybridized carbons (Fsp3) is 0.118. The van der Waals surface area contributed by atoms with Crippen molar-refractivity contribution in [1.29, 1.82) is 0 Å². The summed E-state index contributed by atoms with van der Waals surface area (Å²) in [7, 11) is 0. The maximum Gasteiger partial charge on any atom is 0.248 e. The summed E-state index contributed by atoms with van der Waals surface area (Å²) in [5.41, 5.74) is 9.31. The molecule has 0 aliphatic rings. The van der Waals surface area contributed by atoms with Gasteiger partial charge in [0, 0.05) is 5.56 Å². The van der Waals surface area contributed by atoms with Crippen LogP contribution in [0.25, 0.3) is 6.08 Å². The van der Waals surface area contributed by atoms with E-state index >= 15 is 0 Å². The summed E-state index contributed by atoms with van der Waals surface area (Å²) >= 11 is 0. The molecule has 2 N–H and O–H groups in total. The molecule has 19 heavy (non-hydrogen) atoms. The lowest BCUT2D eigenvalue weighted by atomic mass is 9.99. The molecule has 0 heterocycles. The molecule has 0 radical (unpaired) electrons. The van der Waals surface area contributed by atoms with E-state index in [1.54, 1.807) is 6.07 Å². The molecule has 2 aromatic rings. The Labute approximate surface area is 113 Å². The molecule has 0 spiro atoms. The largest absolute Gasteiger partial charge is 0.366 e. The quantitative estimate of drug-likeness (QED) is 0.888. The van der Waals surface area contributed by atoms with Gasteiger partial charge < -0.3 is 5.73 Å². The second kappa shape index (κ2) is 6.01. The van der Waals surface area contributed by atoms with E-state index in [0.29, 0.717) is 5.56 Å². The zero-order valence-electron chi connectivity index (χ0n) is 11.0. The number of primary amides is 1. The number of rotatable bonds is 4. The van der Waals surface area contributed by atoms with E-state index in [9.17, 15) is 4.79 Å². The smallest absolute Gasteiger partial charge is 0.248 e. The summed E-state index contributed by atoms with van der Waals surface area (Å²) in [5, 5.41) is 0. The number of benzene rings is 2. The van der Waals surface area contributed by atoms with Crippen LogP contribution in [0.5, 0.6) is 0 Å². The van der Waals surface area contributed by atoms with Crippen LogP contribution in [-0.2, 0) is 6.42 Å². The molecule has 2 aromatic carbocycles. The maximum atomic E-state index is 11.4. The minimum absolute atomic E-state index is 0.372. The predicted molar refractivity (Wildman–Crippen MR) is 78.8 cm³/mol. The van der Waals surface area contributed by atoms with Gasteiger partial charge in [0.15, 0.2) is 0 Å². The van der Waals surface area contributed by atoms with E-state index in [1.165, 1.54) is 5.57 Å². The van der Waals surface area contributed by atoms with Crippen LogP contribution in [0.3, 0.4) is 0 Å². The van der Waals surface area contributed by atoms with Crippen molar-refractivity contribution in [3.63, 3.8) is 0 Å². The van der Waals surface area contributed by atoms with Crippen LogP contribution >= 0.6 is 0 Å². The SMILES string of the molecule is CC(=Cc1ccccc1)Cc1ccccc1C(N)=O. The number of carbonyl (C=O) groups excluding carboxylic acids is 1. The number of nitrogens with two attached hydrogens (primary N) is 1. The molecule has 0 bridgehead atoms. The number of hydrogen-bond acceptors (Lipinski definition) is 1. The molecular formula is C17H17NO. The Morgan fingerprint density at radius 2 is 1.68 bits per heavy atom. The highest BCUT2D eigenvalue weighted by Crippen LogP contribution is 2.15. The third kappa shape index (κ3) is 3.55. The fourth-order valence-electron chi connectivity index (χ4n) is 2.10. The Balaban J connectivity index is 2.22. The van der Waals surface area contributed by atoms with Crippen LogP contribution < -0.4 is 5.73 Å². The Morgan fingerprint density at radius 3 is 2.37 bits per heavy atom. The highest BCUT2D eigenvalue weighted by molar-refractivity contribution is 5.94. The molecule has 0 unspecified atom stereocenters. The molecule has 0 fully saturated rings. The van der Waals surface area contributed by atoms with Crippen molar-refractivity contribution in [2.75, 3.05) is 0 Å². The lowest BCUT2D eigenvalue weighted by Crippen LogP contribution is -2.13. The van der Waals surface area contributed by atoms with Gasteiger partial charge in [0.25, 0.3) is 0 Å². The minimum atomic E-state index is -0.372. The Hall–Kier alpha value is -2.35. The Kier molecular flexibility index (Phi) is 4.14. The molecule has 2 nitrogen and oxygen atoms in total. The molecule has 0 aromatic heterocycles. The molecule has 1 amide bonds. The minimum Gasteiger partial charge on any atom is -0.366 e. The highest BCUT2D eigenvalue weighted by atomic mass is 16.1. The van der Waals surface area contributed by atoms with Gasteiger partial charge in [-0.2, -0.15) is 0 Å². The van der Waals surface area contributed by atoms with E-state index in [-0.39, 0.29) is 5.91 Å². The normalized spacial score (nSPS) is 11.3. The monoisotopic (exact) mass is 251 g/mol. The van der Waals surface area contributed by atoms with Crippen LogP contribution in [0.4, 0.5) is 0 Å². The third-order valence-electron chi connectivity index (χ3n) is 2.96. The second-order valence-electron chi connectivity index (χ2n) is 4.60. The molecule has 0 aliphatic heterocycles. The van der Waals surface area contributed by atoms with Crippen molar-refractivity contribution >= 4 is 12.0 Å². The third-order valence-corrected chi connectivity index (χ3v) is 2.96. The van der Waals surface area contributed by atoms with Crippen LogP contribution in [0.1, 0.15) is 28.4 Å². The van der Waals surface area contributed by atoms with Gasteiger partial charge in [-0.25, -0.2) is 0 Å². The van der Waals surface area contributed by atoms with Gasteiger partial charge in [-0.15, -0.1) is 0 Å². The van der Waals surface area contributed by atoms with Crippen molar-refractivity contribution in [3.8, 4) is 0 Å².